The fourth-order valence-electron chi connectivity index (χ4n) is 2.28. The zero-order chi connectivity index (χ0) is 18.2. The number of rotatable bonds is 8. The van der Waals surface area contributed by atoms with Crippen molar-refractivity contribution in [2.24, 2.45) is 0 Å². The van der Waals surface area contributed by atoms with Crippen LogP contribution in [-0.4, -0.2) is 31.5 Å². The second-order valence-corrected chi connectivity index (χ2v) is 5.84. The molecule has 0 aliphatic heterocycles. The smallest absolute Gasteiger partial charge is 0.269 e. The Morgan fingerprint density at radius 1 is 1.16 bits per heavy atom. The van der Waals surface area contributed by atoms with Gasteiger partial charge in [0.25, 0.3) is 5.69 Å². The van der Waals surface area contributed by atoms with Gasteiger partial charge in [-0.05, 0) is 29.8 Å². The lowest BCUT2D eigenvalue weighted by Gasteiger charge is -2.13. The first kappa shape index (κ1) is 18.4. The Kier molecular flexibility index (Phi) is 6.47. The minimum Gasteiger partial charge on any atom is -0.378 e. The van der Waals surface area contributed by atoms with E-state index in [4.69, 9.17) is 0 Å². The third-order valence-corrected chi connectivity index (χ3v) is 3.65. The molecule has 0 aromatic heterocycles. The number of nitrogens with one attached hydrogen (secondary N) is 2. The van der Waals surface area contributed by atoms with E-state index >= 15 is 0 Å². The van der Waals surface area contributed by atoms with Gasteiger partial charge in [-0.15, -0.1) is 0 Å². The molecule has 0 bridgehead atoms. The number of carbonyl (C=O) groups excluding carboxylic acids is 1. The van der Waals surface area contributed by atoms with Gasteiger partial charge in [0.05, 0.1) is 4.92 Å². The average Bonchev–Trinajstić information content (AvgIpc) is 2.59. The van der Waals surface area contributed by atoms with Crippen molar-refractivity contribution in [2.45, 2.75) is 13.0 Å². The Morgan fingerprint density at radius 3 is 2.52 bits per heavy atom. The summed E-state index contributed by atoms with van der Waals surface area (Å²) in [4.78, 5) is 24.2. The average molecular weight is 342 g/mol. The Balaban J connectivity index is 1.73. The molecule has 25 heavy (non-hydrogen) atoms. The second-order valence-electron chi connectivity index (χ2n) is 5.84. The van der Waals surface area contributed by atoms with Crippen LogP contribution in [0.15, 0.2) is 48.5 Å². The number of anilines is 2. The van der Waals surface area contributed by atoms with Gasteiger partial charge in [-0.1, -0.05) is 12.1 Å². The van der Waals surface area contributed by atoms with Crippen LogP contribution in [0.25, 0.3) is 0 Å². The van der Waals surface area contributed by atoms with Crippen molar-refractivity contribution in [2.75, 3.05) is 30.9 Å². The van der Waals surface area contributed by atoms with E-state index in [0.717, 1.165) is 16.9 Å². The number of hydrogen-bond acceptors (Lipinski definition) is 5. The molecule has 0 fully saturated rings. The van der Waals surface area contributed by atoms with Gasteiger partial charge in [-0.3, -0.25) is 14.9 Å². The van der Waals surface area contributed by atoms with Crippen LogP contribution in [0.3, 0.4) is 0 Å². The summed E-state index contributed by atoms with van der Waals surface area (Å²) in [5.41, 5.74) is 2.71. The maximum Gasteiger partial charge on any atom is 0.269 e. The van der Waals surface area contributed by atoms with Crippen molar-refractivity contribution in [3.05, 3.63) is 64.2 Å². The molecule has 0 saturated carbocycles. The zero-order valence-corrected chi connectivity index (χ0v) is 14.4. The Labute approximate surface area is 146 Å². The highest BCUT2D eigenvalue weighted by Gasteiger charge is 2.06. The molecule has 7 heteroatoms. The molecule has 2 aromatic carbocycles. The summed E-state index contributed by atoms with van der Waals surface area (Å²) in [6.45, 7) is 0.969. The highest BCUT2D eigenvalue weighted by molar-refractivity contribution is 5.91. The van der Waals surface area contributed by atoms with Crippen molar-refractivity contribution in [3.63, 3.8) is 0 Å². The fourth-order valence-corrected chi connectivity index (χ4v) is 2.28. The lowest BCUT2D eigenvalue weighted by molar-refractivity contribution is -0.384. The molecule has 2 aromatic rings. The van der Waals surface area contributed by atoms with Gasteiger partial charge in [0.1, 0.15) is 0 Å². The summed E-state index contributed by atoms with van der Waals surface area (Å²) in [7, 11) is 3.92. The van der Waals surface area contributed by atoms with Crippen LogP contribution in [0, 0.1) is 10.1 Å². The van der Waals surface area contributed by atoms with Gasteiger partial charge in [-0.2, -0.15) is 0 Å². The van der Waals surface area contributed by atoms with Crippen molar-refractivity contribution in [3.8, 4) is 0 Å². The van der Waals surface area contributed by atoms with Gasteiger partial charge >= 0.3 is 0 Å². The number of nitro benzene ring substituents is 1. The van der Waals surface area contributed by atoms with Crippen molar-refractivity contribution >= 4 is 23.0 Å². The summed E-state index contributed by atoms with van der Waals surface area (Å²) in [5.74, 6) is -0.0795. The van der Waals surface area contributed by atoms with E-state index in [1.807, 2.05) is 49.3 Å². The minimum absolute atomic E-state index is 0.0678. The Morgan fingerprint density at radius 2 is 1.88 bits per heavy atom. The Hall–Kier alpha value is -2.93. The SMILES string of the molecule is CN(C)c1ccc(NC(=O)CCNCc2cccc([N+](=O)[O-])c2)cc1. The number of hydrogen-bond donors (Lipinski definition) is 2. The van der Waals surface area contributed by atoms with Crippen LogP contribution in [0.2, 0.25) is 0 Å². The van der Waals surface area contributed by atoms with Crippen LogP contribution in [0.5, 0.6) is 0 Å². The van der Waals surface area contributed by atoms with E-state index in [-0.39, 0.29) is 11.6 Å². The lowest BCUT2D eigenvalue weighted by Crippen LogP contribution is -2.21. The maximum atomic E-state index is 11.9. The van der Waals surface area contributed by atoms with E-state index in [1.54, 1.807) is 6.07 Å². The first-order valence-electron chi connectivity index (χ1n) is 7.97. The van der Waals surface area contributed by atoms with Gasteiger partial charge in [-0.25, -0.2) is 0 Å². The predicted molar refractivity (Wildman–Crippen MR) is 98.8 cm³/mol. The molecule has 0 aliphatic rings. The molecule has 0 atom stereocenters. The molecule has 0 aliphatic carbocycles. The third kappa shape index (κ3) is 5.89. The van der Waals surface area contributed by atoms with Crippen molar-refractivity contribution in [1.82, 2.24) is 5.32 Å². The summed E-state index contributed by atoms with van der Waals surface area (Å²) in [6, 6.07) is 14.1. The maximum absolute atomic E-state index is 11.9. The minimum atomic E-state index is -0.418. The first-order chi connectivity index (χ1) is 12.0. The van der Waals surface area contributed by atoms with Crippen LogP contribution in [0.1, 0.15) is 12.0 Å². The number of carbonyl (C=O) groups is 1. The van der Waals surface area contributed by atoms with Gasteiger partial charge in [0.2, 0.25) is 5.91 Å². The molecule has 2 rings (SSSR count). The van der Waals surface area contributed by atoms with Crippen LogP contribution in [0.4, 0.5) is 17.1 Å². The summed E-state index contributed by atoms with van der Waals surface area (Å²) in [6.07, 6.45) is 0.324. The van der Waals surface area contributed by atoms with E-state index in [2.05, 4.69) is 10.6 Å². The molecule has 0 unspecified atom stereocenters. The first-order valence-corrected chi connectivity index (χ1v) is 7.97. The molecule has 0 spiro atoms. The standard InChI is InChI=1S/C18H22N4O3/c1-21(2)16-8-6-15(7-9-16)20-18(23)10-11-19-13-14-4-3-5-17(12-14)22(24)25/h3-9,12,19H,10-11,13H2,1-2H3,(H,20,23). The van der Waals surface area contributed by atoms with Crippen molar-refractivity contribution in [1.29, 1.82) is 0 Å². The van der Waals surface area contributed by atoms with E-state index in [0.29, 0.717) is 19.5 Å². The lowest BCUT2D eigenvalue weighted by atomic mass is 10.2. The molecular weight excluding hydrogens is 320 g/mol. The van der Waals surface area contributed by atoms with Crippen LogP contribution in [-0.2, 0) is 11.3 Å². The number of nitro groups is 1. The summed E-state index contributed by atoms with van der Waals surface area (Å²) in [5, 5.41) is 16.7. The van der Waals surface area contributed by atoms with Crippen molar-refractivity contribution < 1.29 is 9.72 Å². The van der Waals surface area contributed by atoms with Crippen LogP contribution >= 0.6 is 0 Å². The molecule has 0 radical (unpaired) electrons. The predicted octanol–water partition coefficient (Wildman–Crippen LogP) is 2.78. The van der Waals surface area contributed by atoms with E-state index in [1.165, 1.54) is 12.1 Å². The normalized spacial score (nSPS) is 10.3. The number of nitrogens with zero attached hydrogens (tertiary/aromatic N) is 2. The van der Waals surface area contributed by atoms with E-state index in [9.17, 15) is 14.9 Å². The highest BCUT2D eigenvalue weighted by Crippen LogP contribution is 2.16. The summed E-state index contributed by atoms with van der Waals surface area (Å²) < 4.78 is 0. The second kappa shape index (κ2) is 8.79. The number of amides is 1. The molecule has 7 nitrogen and oxygen atoms in total. The largest absolute Gasteiger partial charge is 0.378 e. The quantitative estimate of drug-likeness (QED) is 0.437. The molecule has 0 heterocycles. The number of benzene rings is 2. The highest BCUT2D eigenvalue weighted by atomic mass is 16.6. The van der Waals surface area contributed by atoms with Gasteiger partial charge in [0, 0.05) is 57.1 Å². The third-order valence-electron chi connectivity index (χ3n) is 3.65. The number of non-ortho nitro benzene ring substituents is 1. The van der Waals surface area contributed by atoms with Gasteiger partial charge < -0.3 is 15.5 Å². The topological polar surface area (TPSA) is 87.5 Å². The summed E-state index contributed by atoms with van der Waals surface area (Å²) >= 11 is 0. The molecule has 1 amide bonds. The zero-order valence-electron chi connectivity index (χ0n) is 14.4. The molecule has 132 valence electrons. The molecule has 2 N–H and O–H groups in total. The fraction of sp³-hybridized carbons (Fsp3) is 0.278. The molecule has 0 saturated heterocycles. The monoisotopic (exact) mass is 342 g/mol. The van der Waals surface area contributed by atoms with E-state index < -0.39 is 4.92 Å². The van der Waals surface area contributed by atoms with Gasteiger partial charge in [0.15, 0.2) is 0 Å². The molecular formula is C18H22N4O3. The Bertz CT molecular complexity index is 729. The van der Waals surface area contributed by atoms with Crippen LogP contribution < -0.4 is 15.5 Å².